The maximum absolute atomic E-state index is 11.1. The predicted octanol–water partition coefficient (Wildman–Crippen LogP) is 8.73. The van der Waals surface area contributed by atoms with Gasteiger partial charge in [0.15, 0.2) is 10.8 Å². The molecule has 0 fully saturated rings. The van der Waals surface area contributed by atoms with Gasteiger partial charge in [-0.05, 0) is 57.2 Å². The monoisotopic (exact) mass is 828 g/mol. The Hall–Kier alpha value is -4.69. The number of aryl methyl sites for hydroxylation is 2. The number of aliphatic hydroxyl groups excluding tert-OH is 1. The van der Waals surface area contributed by atoms with Gasteiger partial charge in [0.1, 0.15) is 0 Å². The highest BCUT2D eigenvalue weighted by atomic mass is 79.9. The second kappa shape index (κ2) is 22.2. The van der Waals surface area contributed by atoms with Gasteiger partial charge in [-0.2, -0.15) is 13.2 Å². The van der Waals surface area contributed by atoms with Crippen LogP contribution >= 0.6 is 50.8 Å². The molecule has 3 aromatic carbocycles. The Bertz CT molecular complexity index is 1850. The number of thiocarbonyl (C=S) groups is 1. The molecular weight excluding hydrogens is 797 g/mol. The molecule has 0 saturated heterocycles. The zero-order valence-corrected chi connectivity index (χ0v) is 31.2. The number of aliphatic hydroxyl groups is 1. The molecule has 0 bridgehead atoms. The van der Waals surface area contributed by atoms with Crippen molar-refractivity contribution >= 4 is 78.7 Å². The lowest BCUT2D eigenvalue weighted by Gasteiger charge is -1.98. The third kappa shape index (κ3) is 16.7. The van der Waals surface area contributed by atoms with Crippen LogP contribution in [-0.2, 0) is 0 Å². The molecule has 0 atom stereocenters. The molecule has 2 heterocycles. The number of ketones is 1. The van der Waals surface area contributed by atoms with Gasteiger partial charge in [-0.3, -0.25) is 25.0 Å². The number of alkyl halides is 4. The van der Waals surface area contributed by atoms with E-state index in [1.807, 2.05) is 43.5 Å². The number of thiazole rings is 2. The number of benzene rings is 3. The van der Waals surface area contributed by atoms with Crippen LogP contribution in [0.15, 0.2) is 83.6 Å². The summed E-state index contributed by atoms with van der Waals surface area (Å²) in [6.45, 7) is 5.87. The third-order valence-electron chi connectivity index (χ3n) is 5.62. The number of halogens is 4. The second-order valence-electron chi connectivity index (χ2n) is 9.47. The van der Waals surface area contributed by atoms with Crippen LogP contribution in [0.2, 0.25) is 0 Å². The lowest BCUT2D eigenvalue weighted by atomic mass is 10.1. The highest BCUT2D eigenvalue weighted by Gasteiger charge is 2.31. The van der Waals surface area contributed by atoms with Crippen LogP contribution in [0, 0.1) is 34.1 Å². The fourth-order valence-corrected chi connectivity index (χ4v) is 4.81. The SMILES string of the molecule is CCO.Cc1nc(-c2ccc(N)cc2)cs1.Cc1nc(-c2ccc([N+](=O)[O-])cc2)cs1.NC(=S)C(F)(F)F.O=C(CBr)c1ccc([N+](=O)[O-])cc1. The first-order valence-electron chi connectivity index (χ1n) is 14.2. The van der Waals surface area contributed by atoms with E-state index >= 15 is 0 Å². The largest absolute Gasteiger partial charge is 0.441 e. The molecule has 5 aromatic rings. The summed E-state index contributed by atoms with van der Waals surface area (Å²) < 4.78 is 32.7. The smallest absolute Gasteiger partial charge is 0.399 e. The molecule has 5 rings (SSSR count). The van der Waals surface area contributed by atoms with Crippen molar-refractivity contribution in [2.75, 3.05) is 17.7 Å². The summed E-state index contributed by atoms with van der Waals surface area (Å²) in [5.74, 6) is -0.0881. The molecule has 51 heavy (non-hydrogen) atoms. The minimum atomic E-state index is -4.49. The van der Waals surface area contributed by atoms with E-state index in [-0.39, 0.29) is 29.1 Å². The van der Waals surface area contributed by atoms with Crippen LogP contribution in [0.5, 0.6) is 0 Å². The Labute approximate surface area is 312 Å². The van der Waals surface area contributed by atoms with E-state index in [1.54, 1.807) is 41.7 Å². The van der Waals surface area contributed by atoms with Crippen molar-refractivity contribution in [3.8, 4) is 22.5 Å². The van der Waals surface area contributed by atoms with Crippen molar-refractivity contribution < 1.29 is 32.9 Å². The number of hydrogen-bond acceptors (Lipinski definition) is 12. The standard InChI is InChI=1S/C10H8N2O2S.C10H10N2S.C8H6BrNO3.C2H2F3NS.C2H6O/c1-7-11-10(6-15-7)8-2-4-9(5-3-8)12(13)14;1-7-12-10(6-13-7)8-2-4-9(11)5-3-8;9-5-8(11)6-1-3-7(4-2-6)10(12)13;3-2(4,5)1(6)7;1-2-3/h2-6H,1H3;2-6H,11H2,1H3;1-4H,5H2;(H2,6,7);3H,2H2,1H3. The number of rotatable bonds is 6. The minimum absolute atomic E-state index is 0.00822. The number of non-ortho nitro benzene ring substituents is 2. The van der Waals surface area contributed by atoms with Crippen LogP contribution in [-0.4, -0.2) is 53.8 Å². The Balaban J connectivity index is 0.000000340. The van der Waals surface area contributed by atoms with Gasteiger partial charge in [0.2, 0.25) is 0 Å². The number of aromatic nitrogens is 2. The van der Waals surface area contributed by atoms with Crippen LogP contribution in [0.4, 0.5) is 30.2 Å². The molecule has 0 radical (unpaired) electrons. The van der Waals surface area contributed by atoms with Crippen molar-refractivity contribution in [2.45, 2.75) is 26.9 Å². The fraction of sp³-hybridized carbons (Fsp3) is 0.188. The summed E-state index contributed by atoms with van der Waals surface area (Å²) in [4.78, 5) is 38.2. The lowest BCUT2D eigenvalue weighted by molar-refractivity contribution is -0.385. The van der Waals surface area contributed by atoms with E-state index < -0.39 is 21.0 Å². The second-order valence-corrected chi connectivity index (χ2v) is 12.6. The van der Waals surface area contributed by atoms with Gasteiger partial charge in [0, 0.05) is 64.0 Å². The van der Waals surface area contributed by atoms with E-state index in [1.165, 1.54) is 36.4 Å². The number of hydrogen-bond donors (Lipinski definition) is 3. The van der Waals surface area contributed by atoms with Gasteiger partial charge in [-0.15, -0.1) is 22.7 Å². The Morgan fingerprint density at radius 2 is 1.18 bits per heavy atom. The summed E-state index contributed by atoms with van der Waals surface area (Å²) in [6, 6.07) is 19.7. The molecule has 19 heteroatoms. The number of nitro groups is 2. The molecule has 0 spiro atoms. The van der Waals surface area contributed by atoms with Crippen LogP contribution < -0.4 is 11.5 Å². The number of carbonyl (C=O) groups excluding carboxylic acids is 1. The molecule has 272 valence electrons. The molecule has 2 aromatic heterocycles. The number of Topliss-reactive ketones (excluding diaryl/α,β-unsaturated/α-hetero) is 1. The Kier molecular flexibility index (Phi) is 19.3. The molecule has 0 amide bonds. The van der Waals surface area contributed by atoms with Gasteiger partial charge < -0.3 is 16.6 Å². The molecule has 0 aliphatic rings. The van der Waals surface area contributed by atoms with Crippen LogP contribution in [0.1, 0.15) is 27.3 Å². The fourth-order valence-electron chi connectivity index (χ4n) is 3.25. The average Bonchev–Trinajstić information content (AvgIpc) is 3.73. The number of nitrogen functional groups attached to an aromatic ring is 1. The summed E-state index contributed by atoms with van der Waals surface area (Å²) in [5.41, 5.74) is 15.1. The van der Waals surface area contributed by atoms with Gasteiger partial charge in [0.25, 0.3) is 11.4 Å². The maximum Gasteiger partial charge on any atom is 0.441 e. The number of nitrogens with two attached hydrogens (primary N) is 2. The molecule has 0 aliphatic heterocycles. The van der Waals surface area contributed by atoms with Crippen molar-refractivity contribution in [1.82, 2.24) is 9.97 Å². The number of carbonyl (C=O) groups is 1. The van der Waals surface area contributed by atoms with Crippen molar-refractivity contribution in [2.24, 2.45) is 5.73 Å². The van der Waals surface area contributed by atoms with Gasteiger partial charge in [-0.1, -0.05) is 40.3 Å². The lowest BCUT2D eigenvalue weighted by Crippen LogP contribution is -2.28. The first-order valence-corrected chi connectivity index (χ1v) is 17.5. The predicted molar refractivity (Wildman–Crippen MR) is 202 cm³/mol. The van der Waals surface area contributed by atoms with E-state index in [4.69, 9.17) is 10.8 Å². The van der Waals surface area contributed by atoms with Crippen molar-refractivity contribution in [1.29, 1.82) is 0 Å². The summed E-state index contributed by atoms with van der Waals surface area (Å²) in [6.07, 6.45) is -4.49. The quantitative estimate of drug-likeness (QED) is 0.0369. The molecular formula is C32H32BrF3N6O6S3. The maximum atomic E-state index is 11.1. The van der Waals surface area contributed by atoms with Gasteiger partial charge in [0.05, 0.1) is 36.6 Å². The van der Waals surface area contributed by atoms with Gasteiger partial charge in [-0.25, -0.2) is 9.97 Å². The topological polar surface area (TPSA) is 201 Å². The molecule has 0 aliphatic carbocycles. The summed E-state index contributed by atoms with van der Waals surface area (Å²) in [7, 11) is 0. The first-order chi connectivity index (χ1) is 23.9. The minimum Gasteiger partial charge on any atom is -0.399 e. The Morgan fingerprint density at radius 3 is 1.45 bits per heavy atom. The Morgan fingerprint density at radius 1 is 0.843 bits per heavy atom. The zero-order chi connectivity index (χ0) is 38.7. The van der Waals surface area contributed by atoms with Crippen molar-refractivity contribution in [3.05, 3.63) is 119 Å². The van der Waals surface area contributed by atoms with Crippen molar-refractivity contribution in [3.63, 3.8) is 0 Å². The van der Waals surface area contributed by atoms with E-state index in [2.05, 4.69) is 49.2 Å². The highest BCUT2D eigenvalue weighted by Crippen LogP contribution is 2.24. The van der Waals surface area contributed by atoms with Crippen LogP contribution in [0.25, 0.3) is 22.5 Å². The number of nitro benzene ring substituents is 2. The summed E-state index contributed by atoms with van der Waals surface area (Å²) in [5, 5.41) is 34.6. The molecule has 12 nitrogen and oxygen atoms in total. The number of anilines is 1. The normalized spacial score (nSPS) is 9.96. The van der Waals surface area contributed by atoms with E-state index in [0.717, 1.165) is 38.2 Å². The molecule has 5 N–H and O–H groups in total. The summed E-state index contributed by atoms with van der Waals surface area (Å²) >= 11 is 9.83. The molecule has 0 unspecified atom stereocenters. The zero-order valence-electron chi connectivity index (χ0n) is 27.2. The first kappa shape index (κ1) is 44.3. The number of nitrogens with zero attached hydrogens (tertiary/aromatic N) is 4. The van der Waals surface area contributed by atoms with Crippen LogP contribution in [0.3, 0.4) is 0 Å². The third-order valence-corrected chi connectivity index (χ3v) is 7.91. The van der Waals surface area contributed by atoms with E-state index in [9.17, 15) is 38.2 Å². The highest BCUT2D eigenvalue weighted by molar-refractivity contribution is 9.09. The molecule has 0 saturated carbocycles. The average molecular weight is 830 g/mol. The van der Waals surface area contributed by atoms with Gasteiger partial charge >= 0.3 is 6.18 Å². The van der Waals surface area contributed by atoms with E-state index in [0.29, 0.717) is 5.56 Å².